The van der Waals surface area contributed by atoms with E-state index in [0.29, 0.717) is 35.6 Å². The van der Waals surface area contributed by atoms with E-state index in [2.05, 4.69) is 10.6 Å². The molecule has 1 fully saturated rings. The molecular formula is C22H24N2O4. The Morgan fingerprint density at radius 1 is 1.04 bits per heavy atom. The molecule has 1 aliphatic carbocycles. The third kappa shape index (κ3) is 5.67. The van der Waals surface area contributed by atoms with Gasteiger partial charge in [-0.1, -0.05) is 12.1 Å². The Morgan fingerprint density at radius 2 is 1.75 bits per heavy atom. The summed E-state index contributed by atoms with van der Waals surface area (Å²) in [6, 6.07) is 14.2. The lowest BCUT2D eigenvalue weighted by atomic mass is 10.1. The highest BCUT2D eigenvalue weighted by molar-refractivity contribution is 6.03. The molecule has 146 valence electrons. The van der Waals surface area contributed by atoms with Gasteiger partial charge in [-0.15, -0.1) is 0 Å². The van der Waals surface area contributed by atoms with Gasteiger partial charge in [-0.2, -0.15) is 0 Å². The molecule has 3 rings (SSSR count). The van der Waals surface area contributed by atoms with Gasteiger partial charge in [-0.25, -0.2) is 0 Å². The zero-order valence-corrected chi connectivity index (χ0v) is 15.9. The van der Waals surface area contributed by atoms with Gasteiger partial charge < -0.3 is 15.4 Å². The predicted octanol–water partition coefficient (Wildman–Crippen LogP) is 3.58. The normalized spacial score (nSPS) is 12.9. The van der Waals surface area contributed by atoms with E-state index in [1.807, 2.05) is 0 Å². The molecule has 0 aliphatic heterocycles. The fraction of sp³-hybridized carbons (Fsp3) is 0.318. The van der Waals surface area contributed by atoms with Gasteiger partial charge in [0, 0.05) is 18.0 Å². The number of ether oxygens (including phenoxy) is 1. The second-order valence-corrected chi connectivity index (χ2v) is 6.87. The summed E-state index contributed by atoms with van der Waals surface area (Å²) in [6.07, 6.45) is 2.84. The van der Waals surface area contributed by atoms with Crippen molar-refractivity contribution in [2.24, 2.45) is 0 Å². The van der Waals surface area contributed by atoms with Crippen LogP contribution in [0.5, 0.6) is 5.75 Å². The Morgan fingerprint density at radius 3 is 2.43 bits per heavy atom. The molecule has 2 aromatic carbocycles. The highest BCUT2D eigenvalue weighted by atomic mass is 16.5. The van der Waals surface area contributed by atoms with E-state index in [1.165, 1.54) is 6.92 Å². The molecule has 0 spiro atoms. The van der Waals surface area contributed by atoms with Crippen molar-refractivity contribution >= 4 is 23.3 Å². The zero-order valence-electron chi connectivity index (χ0n) is 15.9. The molecule has 0 aromatic heterocycles. The molecule has 0 radical (unpaired) electrons. The number of hydrogen-bond donors (Lipinski definition) is 2. The summed E-state index contributed by atoms with van der Waals surface area (Å²) in [7, 11) is 0. The van der Waals surface area contributed by atoms with Crippen LogP contribution in [-0.2, 0) is 4.79 Å². The first-order valence-corrected chi connectivity index (χ1v) is 9.46. The first kappa shape index (κ1) is 19.6. The smallest absolute Gasteiger partial charge is 0.253 e. The SMILES string of the molecule is CC(=O)c1ccc(OCCCC(=O)Nc2ccccc2C(=O)NC2CC2)cc1. The van der Waals surface area contributed by atoms with Crippen LogP contribution in [0.15, 0.2) is 48.5 Å². The van der Waals surface area contributed by atoms with E-state index >= 15 is 0 Å². The number of ketones is 1. The predicted molar refractivity (Wildman–Crippen MR) is 107 cm³/mol. The van der Waals surface area contributed by atoms with Crippen LogP contribution in [0.25, 0.3) is 0 Å². The molecule has 2 N–H and O–H groups in total. The first-order chi connectivity index (χ1) is 13.5. The van der Waals surface area contributed by atoms with Crippen molar-refractivity contribution in [2.45, 2.75) is 38.6 Å². The molecule has 1 saturated carbocycles. The monoisotopic (exact) mass is 380 g/mol. The molecular weight excluding hydrogens is 356 g/mol. The van der Waals surface area contributed by atoms with E-state index in [4.69, 9.17) is 4.74 Å². The fourth-order valence-corrected chi connectivity index (χ4v) is 2.70. The largest absolute Gasteiger partial charge is 0.494 e. The third-order valence-corrected chi connectivity index (χ3v) is 4.44. The van der Waals surface area contributed by atoms with E-state index in [0.717, 1.165) is 12.8 Å². The van der Waals surface area contributed by atoms with Crippen LogP contribution in [0.1, 0.15) is 53.3 Å². The van der Waals surface area contributed by atoms with Crippen molar-refractivity contribution in [1.82, 2.24) is 5.32 Å². The van der Waals surface area contributed by atoms with Crippen LogP contribution in [0.3, 0.4) is 0 Å². The molecule has 0 saturated heterocycles. The highest BCUT2D eigenvalue weighted by Crippen LogP contribution is 2.21. The number of nitrogens with one attached hydrogen (secondary N) is 2. The average molecular weight is 380 g/mol. The summed E-state index contributed by atoms with van der Waals surface area (Å²) in [4.78, 5) is 35.7. The number of amides is 2. The molecule has 1 aliphatic rings. The van der Waals surface area contributed by atoms with E-state index in [9.17, 15) is 14.4 Å². The summed E-state index contributed by atoms with van der Waals surface area (Å²) >= 11 is 0. The van der Waals surface area contributed by atoms with Crippen LogP contribution in [0.4, 0.5) is 5.69 Å². The molecule has 2 amide bonds. The van der Waals surface area contributed by atoms with Crippen LogP contribution in [0, 0.1) is 0 Å². The van der Waals surface area contributed by atoms with Gasteiger partial charge in [0.1, 0.15) is 5.75 Å². The second-order valence-electron chi connectivity index (χ2n) is 6.87. The van der Waals surface area contributed by atoms with Crippen LogP contribution >= 0.6 is 0 Å². The van der Waals surface area contributed by atoms with Crippen LogP contribution in [0.2, 0.25) is 0 Å². The number of para-hydroxylation sites is 1. The highest BCUT2D eigenvalue weighted by Gasteiger charge is 2.24. The quantitative estimate of drug-likeness (QED) is 0.514. The standard InChI is InChI=1S/C22H24N2O4/c1-15(25)16-8-12-18(13-9-16)28-14-4-7-21(26)24-20-6-3-2-5-19(20)22(27)23-17-10-11-17/h2-3,5-6,8-9,12-13,17H,4,7,10-11,14H2,1H3,(H,23,27)(H,24,26). The van der Waals surface area contributed by atoms with Gasteiger partial charge in [-0.3, -0.25) is 14.4 Å². The minimum atomic E-state index is -0.165. The Labute approximate surface area is 164 Å². The Kier molecular flexibility index (Phi) is 6.42. The molecule has 28 heavy (non-hydrogen) atoms. The lowest BCUT2D eigenvalue weighted by Gasteiger charge is -2.11. The number of hydrogen-bond acceptors (Lipinski definition) is 4. The molecule has 0 atom stereocenters. The number of carbonyl (C=O) groups excluding carboxylic acids is 3. The van der Waals surface area contributed by atoms with Crippen molar-refractivity contribution in [3.05, 3.63) is 59.7 Å². The third-order valence-electron chi connectivity index (χ3n) is 4.44. The molecule has 0 heterocycles. The van der Waals surface area contributed by atoms with E-state index < -0.39 is 0 Å². The van der Waals surface area contributed by atoms with Gasteiger partial charge in [0.15, 0.2) is 5.78 Å². The molecule has 0 unspecified atom stereocenters. The Balaban J connectivity index is 1.44. The van der Waals surface area contributed by atoms with Crippen molar-refractivity contribution in [2.75, 3.05) is 11.9 Å². The van der Waals surface area contributed by atoms with Gasteiger partial charge in [0.05, 0.1) is 17.9 Å². The molecule has 6 nitrogen and oxygen atoms in total. The summed E-state index contributed by atoms with van der Waals surface area (Å²) in [5, 5.41) is 5.74. The summed E-state index contributed by atoms with van der Waals surface area (Å²) < 4.78 is 5.60. The first-order valence-electron chi connectivity index (χ1n) is 9.46. The maximum Gasteiger partial charge on any atom is 0.253 e. The average Bonchev–Trinajstić information content (AvgIpc) is 3.50. The summed E-state index contributed by atoms with van der Waals surface area (Å²) in [6.45, 7) is 1.90. The molecule has 2 aromatic rings. The second kappa shape index (κ2) is 9.17. The van der Waals surface area contributed by atoms with Gasteiger partial charge >= 0.3 is 0 Å². The van der Waals surface area contributed by atoms with E-state index in [1.54, 1.807) is 48.5 Å². The minimum Gasteiger partial charge on any atom is -0.494 e. The van der Waals surface area contributed by atoms with Crippen molar-refractivity contribution < 1.29 is 19.1 Å². The lowest BCUT2D eigenvalue weighted by molar-refractivity contribution is -0.116. The van der Waals surface area contributed by atoms with Crippen LogP contribution < -0.4 is 15.4 Å². The lowest BCUT2D eigenvalue weighted by Crippen LogP contribution is -2.27. The zero-order chi connectivity index (χ0) is 19.9. The number of benzene rings is 2. The number of anilines is 1. The van der Waals surface area contributed by atoms with Crippen molar-refractivity contribution in [3.63, 3.8) is 0 Å². The maximum absolute atomic E-state index is 12.3. The topological polar surface area (TPSA) is 84.5 Å². The number of Topliss-reactive ketones (excluding diaryl/α,β-unsaturated/α-hetero) is 1. The van der Waals surface area contributed by atoms with Crippen molar-refractivity contribution in [3.8, 4) is 5.75 Å². The summed E-state index contributed by atoms with van der Waals surface area (Å²) in [5.74, 6) is 0.347. The summed E-state index contributed by atoms with van der Waals surface area (Å²) in [5.41, 5.74) is 1.63. The van der Waals surface area contributed by atoms with Crippen molar-refractivity contribution in [1.29, 1.82) is 0 Å². The van der Waals surface area contributed by atoms with Gasteiger partial charge in [0.2, 0.25) is 5.91 Å². The fourth-order valence-electron chi connectivity index (χ4n) is 2.70. The van der Waals surface area contributed by atoms with E-state index in [-0.39, 0.29) is 30.1 Å². The number of rotatable bonds is 9. The number of carbonyl (C=O) groups is 3. The van der Waals surface area contributed by atoms with Gasteiger partial charge in [-0.05, 0) is 62.6 Å². The van der Waals surface area contributed by atoms with Gasteiger partial charge in [0.25, 0.3) is 5.91 Å². The minimum absolute atomic E-state index is 0.00863. The Bertz CT molecular complexity index is 857. The molecule has 0 bridgehead atoms. The molecule has 6 heteroatoms. The maximum atomic E-state index is 12.3. The Hall–Kier alpha value is -3.15. The van der Waals surface area contributed by atoms with Crippen LogP contribution in [-0.4, -0.2) is 30.2 Å².